The molecule has 0 spiro atoms. The number of nitrogens with one attached hydrogen (secondary N) is 1. The van der Waals surface area contributed by atoms with Gasteiger partial charge in [-0.25, -0.2) is 0 Å². The van der Waals surface area contributed by atoms with Gasteiger partial charge in [0, 0.05) is 25.8 Å². The molecule has 98 valence electrons. The zero-order valence-corrected chi connectivity index (χ0v) is 11.2. The summed E-state index contributed by atoms with van der Waals surface area (Å²) in [5, 5.41) is 12.9. The summed E-state index contributed by atoms with van der Waals surface area (Å²) in [5.41, 5.74) is -0.117. The lowest BCUT2D eigenvalue weighted by atomic mass is 10.1. The van der Waals surface area contributed by atoms with Crippen LogP contribution in [-0.2, 0) is 9.47 Å². The second-order valence-corrected chi connectivity index (χ2v) is 5.28. The second-order valence-electron chi connectivity index (χ2n) is 5.28. The van der Waals surface area contributed by atoms with Crippen molar-refractivity contribution in [2.45, 2.75) is 39.3 Å². The Morgan fingerprint density at radius 1 is 1.25 bits per heavy atom. The molecule has 0 aromatic carbocycles. The van der Waals surface area contributed by atoms with Gasteiger partial charge in [-0.1, -0.05) is 13.8 Å². The Bertz CT molecular complexity index is 172. The van der Waals surface area contributed by atoms with Crippen LogP contribution in [0.5, 0.6) is 0 Å². The fraction of sp³-hybridized carbons (Fsp3) is 1.00. The molecule has 1 unspecified atom stereocenters. The highest BCUT2D eigenvalue weighted by molar-refractivity contribution is 4.78. The molecule has 1 atom stereocenters. The van der Waals surface area contributed by atoms with E-state index in [1.165, 1.54) is 0 Å². The van der Waals surface area contributed by atoms with Crippen LogP contribution in [0, 0.1) is 5.92 Å². The molecule has 4 nitrogen and oxygen atoms in total. The van der Waals surface area contributed by atoms with Crippen molar-refractivity contribution >= 4 is 0 Å². The van der Waals surface area contributed by atoms with Crippen LogP contribution in [0.25, 0.3) is 0 Å². The Labute approximate surface area is 99.3 Å². The van der Waals surface area contributed by atoms with Crippen LogP contribution in [-0.4, -0.2) is 50.2 Å². The first-order valence-electron chi connectivity index (χ1n) is 5.87. The van der Waals surface area contributed by atoms with Gasteiger partial charge in [0.05, 0.1) is 19.3 Å². The summed E-state index contributed by atoms with van der Waals surface area (Å²) >= 11 is 0. The number of aliphatic hydroxyl groups is 1. The van der Waals surface area contributed by atoms with E-state index < -0.39 is 6.10 Å². The van der Waals surface area contributed by atoms with Crippen molar-refractivity contribution in [3.05, 3.63) is 0 Å². The topological polar surface area (TPSA) is 50.7 Å². The minimum absolute atomic E-state index is 0.117. The van der Waals surface area contributed by atoms with E-state index in [2.05, 4.69) is 19.2 Å². The monoisotopic (exact) mass is 233 g/mol. The minimum atomic E-state index is -0.463. The zero-order chi connectivity index (χ0) is 12.6. The van der Waals surface area contributed by atoms with E-state index in [9.17, 15) is 5.11 Å². The van der Waals surface area contributed by atoms with Crippen LogP contribution < -0.4 is 5.32 Å². The van der Waals surface area contributed by atoms with Gasteiger partial charge in [0.15, 0.2) is 0 Å². The first kappa shape index (κ1) is 15.8. The van der Waals surface area contributed by atoms with E-state index in [1.54, 1.807) is 7.11 Å². The molecular weight excluding hydrogens is 206 g/mol. The maximum absolute atomic E-state index is 9.67. The van der Waals surface area contributed by atoms with Gasteiger partial charge in [-0.3, -0.25) is 0 Å². The fourth-order valence-electron chi connectivity index (χ4n) is 1.30. The van der Waals surface area contributed by atoms with Crippen molar-refractivity contribution < 1.29 is 14.6 Å². The van der Waals surface area contributed by atoms with Gasteiger partial charge in [-0.2, -0.15) is 0 Å². The maximum atomic E-state index is 9.67. The molecule has 0 heterocycles. The van der Waals surface area contributed by atoms with Crippen molar-refractivity contribution in [3.8, 4) is 0 Å². The molecule has 0 saturated heterocycles. The molecule has 0 bridgehead atoms. The van der Waals surface area contributed by atoms with Crippen LogP contribution in [0.1, 0.15) is 27.7 Å². The average Bonchev–Trinajstić information content (AvgIpc) is 2.14. The predicted octanol–water partition coefficient (Wildman–Crippen LogP) is 1.03. The van der Waals surface area contributed by atoms with Gasteiger partial charge in [0.25, 0.3) is 0 Å². The Balaban J connectivity index is 3.60. The molecule has 0 saturated carbocycles. The molecule has 0 amide bonds. The highest BCUT2D eigenvalue weighted by Crippen LogP contribution is 2.02. The third kappa shape index (κ3) is 9.09. The van der Waals surface area contributed by atoms with Crippen molar-refractivity contribution in [1.82, 2.24) is 5.32 Å². The maximum Gasteiger partial charge on any atom is 0.0897 e. The molecule has 0 fully saturated rings. The Hall–Kier alpha value is -0.160. The normalized spacial score (nSPS) is 14.4. The minimum Gasteiger partial charge on any atom is -0.389 e. The van der Waals surface area contributed by atoms with Gasteiger partial charge >= 0.3 is 0 Å². The first-order valence-corrected chi connectivity index (χ1v) is 5.87. The van der Waals surface area contributed by atoms with E-state index in [0.717, 1.165) is 0 Å². The number of ether oxygens (including phenoxy) is 2. The van der Waals surface area contributed by atoms with Crippen molar-refractivity contribution in [3.63, 3.8) is 0 Å². The van der Waals surface area contributed by atoms with Crippen LogP contribution in [0.4, 0.5) is 0 Å². The Kier molecular flexibility index (Phi) is 7.93. The largest absolute Gasteiger partial charge is 0.389 e. The van der Waals surface area contributed by atoms with E-state index in [4.69, 9.17) is 9.47 Å². The van der Waals surface area contributed by atoms with Gasteiger partial charge in [-0.05, 0) is 19.8 Å². The van der Waals surface area contributed by atoms with Crippen LogP contribution >= 0.6 is 0 Å². The van der Waals surface area contributed by atoms with Crippen molar-refractivity contribution in [2.75, 3.05) is 33.5 Å². The second kappa shape index (κ2) is 8.01. The zero-order valence-electron chi connectivity index (χ0n) is 11.2. The SMILES string of the molecule is COCC(C)(C)NCC(O)COCC(C)C. The molecule has 4 heteroatoms. The number of hydrogen-bond donors (Lipinski definition) is 2. The number of β-amino-alcohol motifs (C(OH)–C–C–N with tert-alkyl or cyclic N) is 1. The van der Waals surface area contributed by atoms with Gasteiger partial charge in [-0.15, -0.1) is 0 Å². The van der Waals surface area contributed by atoms with E-state index in [-0.39, 0.29) is 5.54 Å². The third-order valence-electron chi connectivity index (χ3n) is 2.08. The Morgan fingerprint density at radius 3 is 2.38 bits per heavy atom. The summed E-state index contributed by atoms with van der Waals surface area (Å²) < 4.78 is 10.4. The van der Waals surface area contributed by atoms with Gasteiger partial charge in [0.1, 0.15) is 0 Å². The number of rotatable bonds is 9. The fourth-order valence-corrected chi connectivity index (χ4v) is 1.30. The highest BCUT2D eigenvalue weighted by Gasteiger charge is 2.18. The van der Waals surface area contributed by atoms with Gasteiger partial charge < -0.3 is 19.9 Å². The third-order valence-corrected chi connectivity index (χ3v) is 2.08. The smallest absolute Gasteiger partial charge is 0.0897 e. The van der Waals surface area contributed by atoms with E-state index in [1.807, 2.05) is 13.8 Å². The lowest BCUT2D eigenvalue weighted by molar-refractivity contribution is 0.0199. The molecule has 0 rings (SSSR count). The molecular formula is C12H27NO3. The molecule has 16 heavy (non-hydrogen) atoms. The highest BCUT2D eigenvalue weighted by atomic mass is 16.5. The lowest BCUT2D eigenvalue weighted by Gasteiger charge is -2.26. The van der Waals surface area contributed by atoms with E-state index >= 15 is 0 Å². The summed E-state index contributed by atoms with van der Waals surface area (Å²) in [5.74, 6) is 0.505. The number of aliphatic hydroxyl groups excluding tert-OH is 1. The molecule has 2 N–H and O–H groups in total. The number of methoxy groups -OCH3 is 1. The van der Waals surface area contributed by atoms with Gasteiger partial charge in [0.2, 0.25) is 0 Å². The summed E-state index contributed by atoms with van der Waals surface area (Å²) in [7, 11) is 1.67. The average molecular weight is 233 g/mol. The number of hydrogen-bond acceptors (Lipinski definition) is 4. The summed E-state index contributed by atoms with van der Waals surface area (Å²) in [6, 6.07) is 0. The van der Waals surface area contributed by atoms with Crippen molar-refractivity contribution in [1.29, 1.82) is 0 Å². The summed E-state index contributed by atoms with van der Waals surface area (Å²) in [6.45, 7) is 10.5. The molecule has 0 aromatic heterocycles. The molecule has 0 aliphatic carbocycles. The Morgan fingerprint density at radius 2 is 1.88 bits per heavy atom. The molecule has 0 aromatic rings. The predicted molar refractivity (Wildman–Crippen MR) is 65.6 cm³/mol. The van der Waals surface area contributed by atoms with E-state index in [0.29, 0.717) is 32.3 Å². The molecule has 0 aliphatic heterocycles. The lowest BCUT2D eigenvalue weighted by Crippen LogP contribution is -2.47. The molecule has 0 radical (unpaired) electrons. The summed E-state index contributed by atoms with van der Waals surface area (Å²) in [4.78, 5) is 0. The van der Waals surface area contributed by atoms with Crippen molar-refractivity contribution in [2.24, 2.45) is 5.92 Å². The van der Waals surface area contributed by atoms with Crippen LogP contribution in [0.3, 0.4) is 0 Å². The first-order chi connectivity index (χ1) is 7.37. The molecule has 0 aliphatic rings. The summed E-state index contributed by atoms with van der Waals surface area (Å²) in [6.07, 6.45) is -0.463. The quantitative estimate of drug-likeness (QED) is 0.624. The van der Waals surface area contributed by atoms with Crippen LogP contribution in [0.2, 0.25) is 0 Å². The van der Waals surface area contributed by atoms with Crippen LogP contribution in [0.15, 0.2) is 0 Å². The standard InChI is InChI=1S/C12H27NO3/c1-10(2)7-16-8-11(14)6-13-12(3,4)9-15-5/h10-11,13-14H,6-9H2,1-5H3.